The topological polar surface area (TPSA) is 87.5 Å². The van der Waals surface area contributed by atoms with Crippen molar-refractivity contribution in [3.8, 4) is 0 Å². The monoisotopic (exact) mass is 587 g/mol. The molecule has 2 rings (SSSR count). The second-order valence-corrected chi connectivity index (χ2v) is 11.5. The molecule has 0 aliphatic carbocycles. The Bertz CT molecular complexity index is 939. The smallest absolute Gasteiger partial charge is 0.243 e. The molecule has 1 fully saturated rings. The number of unbranched alkanes of at least 4 members (excludes halogenated alkanes) is 3. The van der Waals surface area contributed by atoms with Crippen molar-refractivity contribution in [3.05, 3.63) is 73.0 Å². The maximum atomic E-state index is 13.2. The molecular formula is C36H66N4O2. The molecule has 242 valence electrons. The maximum Gasteiger partial charge on any atom is 0.243 e. The van der Waals surface area contributed by atoms with Gasteiger partial charge in [-0.3, -0.25) is 9.59 Å². The van der Waals surface area contributed by atoms with Crippen molar-refractivity contribution in [2.24, 2.45) is 11.7 Å². The lowest BCUT2D eigenvalue weighted by Crippen LogP contribution is -2.53. The van der Waals surface area contributed by atoms with Crippen molar-refractivity contribution in [2.75, 3.05) is 6.54 Å². The molecular weight excluding hydrogens is 520 g/mol. The summed E-state index contributed by atoms with van der Waals surface area (Å²) in [6, 6.07) is 9.28. The van der Waals surface area contributed by atoms with Gasteiger partial charge in [0.25, 0.3) is 0 Å². The molecule has 6 nitrogen and oxygen atoms in total. The lowest BCUT2D eigenvalue weighted by Gasteiger charge is -2.32. The van der Waals surface area contributed by atoms with Gasteiger partial charge in [0.05, 0.1) is 6.04 Å². The van der Waals surface area contributed by atoms with Crippen molar-refractivity contribution in [1.82, 2.24) is 15.5 Å². The molecule has 0 bridgehead atoms. The second kappa shape index (κ2) is 22.7. The van der Waals surface area contributed by atoms with Crippen molar-refractivity contribution in [1.29, 1.82) is 0 Å². The first-order valence-corrected chi connectivity index (χ1v) is 16.1. The SMILES string of the molecule is C=C(C)C(N)[C@H](C)NC(=O)[C@H](CC(=C)N1CCC[C@@H]1c1ccccc1)NC(=O)CCC(C)C.C=CCCCCC.CC.[HH].[HH]. The van der Waals surface area contributed by atoms with E-state index in [0.717, 1.165) is 37.1 Å². The van der Waals surface area contributed by atoms with E-state index in [9.17, 15) is 9.59 Å². The molecule has 0 aromatic heterocycles. The van der Waals surface area contributed by atoms with Crippen LogP contribution in [0, 0.1) is 5.92 Å². The fourth-order valence-electron chi connectivity index (χ4n) is 4.80. The summed E-state index contributed by atoms with van der Waals surface area (Å²) in [7, 11) is 0. The molecule has 42 heavy (non-hydrogen) atoms. The van der Waals surface area contributed by atoms with Gasteiger partial charge >= 0.3 is 0 Å². The Labute approximate surface area is 261 Å². The highest BCUT2D eigenvalue weighted by atomic mass is 16.2. The van der Waals surface area contributed by atoms with Gasteiger partial charge in [0.15, 0.2) is 0 Å². The van der Waals surface area contributed by atoms with Crippen LogP contribution in [0.5, 0.6) is 0 Å². The number of nitrogens with zero attached hydrogens (tertiary/aromatic N) is 1. The highest BCUT2D eigenvalue weighted by Gasteiger charge is 2.31. The minimum atomic E-state index is -0.700. The minimum absolute atomic E-state index is 0. The van der Waals surface area contributed by atoms with Gasteiger partial charge in [-0.15, -0.1) is 6.58 Å². The number of hydrogen-bond acceptors (Lipinski definition) is 4. The van der Waals surface area contributed by atoms with E-state index in [2.05, 4.69) is 68.2 Å². The van der Waals surface area contributed by atoms with Gasteiger partial charge in [-0.05, 0) is 57.4 Å². The summed E-state index contributed by atoms with van der Waals surface area (Å²) in [4.78, 5) is 28.1. The largest absolute Gasteiger partial charge is 0.368 e. The quantitative estimate of drug-likeness (QED) is 0.134. The fourth-order valence-corrected chi connectivity index (χ4v) is 4.80. The molecule has 1 aliphatic heterocycles. The van der Waals surface area contributed by atoms with E-state index in [-0.39, 0.29) is 32.8 Å². The number of amides is 2. The third-order valence-electron chi connectivity index (χ3n) is 7.37. The summed E-state index contributed by atoms with van der Waals surface area (Å²) in [5, 5.41) is 5.92. The van der Waals surface area contributed by atoms with Crippen LogP contribution < -0.4 is 16.4 Å². The van der Waals surface area contributed by atoms with Gasteiger partial charge in [-0.1, -0.05) is 103 Å². The van der Waals surface area contributed by atoms with E-state index in [4.69, 9.17) is 5.73 Å². The number of nitrogens with one attached hydrogen (secondary N) is 2. The summed E-state index contributed by atoms with van der Waals surface area (Å²) in [6.45, 7) is 26.8. The van der Waals surface area contributed by atoms with E-state index in [0.29, 0.717) is 18.8 Å². The van der Waals surface area contributed by atoms with Crippen LogP contribution in [0.25, 0.3) is 0 Å². The highest BCUT2D eigenvalue weighted by Crippen LogP contribution is 2.35. The molecule has 1 aliphatic rings. The summed E-state index contributed by atoms with van der Waals surface area (Å²) in [6.07, 6.45) is 10.8. The Morgan fingerprint density at radius 2 is 1.76 bits per heavy atom. The van der Waals surface area contributed by atoms with Crippen LogP contribution in [0.2, 0.25) is 0 Å². The van der Waals surface area contributed by atoms with Gasteiger partial charge in [-0.25, -0.2) is 0 Å². The standard InChI is InChI=1S/C27H42N4O2.C7H14.C2H6.2H2/c1-18(2)14-15-25(32)30-23(27(33)29-21(6)26(28)19(3)4)17-20(5)31-16-10-13-24(31)22-11-8-7-9-12-22;1-3-5-7-6-4-2;1-2;;/h7-9,11-12,18,21,23-24,26H,3,5,10,13-17,28H2,1-2,4,6H3,(H,29,33)(H,30,32);3H,1,4-7H2,2H3;1-2H3;2*1H/t21-,23-,24+,26?;;;;/m0..../s1. The average Bonchev–Trinajstić information content (AvgIpc) is 3.48. The number of benzene rings is 1. The normalized spacial score (nSPS) is 16.1. The Morgan fingerprint density at radius 3 is 2.31 bits per heavy atom. The third-order valence-corrected chi connectivity index (χ3v) is 7.37. The molecule has 1 aromatic rings. The first-order chi connectivity index (χ1) is 20.0. The van der Waals surface area contributed by atoms with Crippen molar-refractivity contribution >= 4 is 11.8 Å². The molecule has 4 atom stereocenters. The number of rotatable bonds is 16. The van der Waals surface area contributed by atoms with Crippen LogP contribution in [0.1, 0.15) is 121 Å². The Kier molecular flexibility index (Phi) is 21.2. The Hall–Kier alpha value is -2.86. The first kappa shape index (κ1) is 39.1. The number of allylic oxidation sites excluding steroid dienone is 1. The van der Waals surface area contributed by atoms with E-state index < -0.39 is 6.04 Å². The molecule has 4 N–H and O–H groups in total. The highest BCUT2D eigenvalue weighted by molar-refractivity contribution is 5.88. The number of carbonyl (C=O) groups is 2. The fraction of sp³-hybridized carbons (Fsp3) is 0.611. The van der Waals surface area contributed by atoms with Gasteiger partial charge in [0.1, 0.15) is 6.04 Å². The summed E-state index contributed by atoms with van der Waals surface area (Å²) in [5.74, 6) is 0.0612. The van der Waals surface area contributed by atoms with E-state index in [1.807, 2.05) is 52.0 Å². The van der Waals surface area contributed by atoms with Crippen LogP contribution in [0.3, 0.4) is 0 Å². The van der Waals surface area contributed by atoms with Crippen LogP contribution in [0.15, 0.2) is 67.4 Å². The molecule has 1 saturated heterocycles. The minimum Gasteiger partial charge on any atom is -0.368 e. The molecule has 0 radical (unpaired) electrons. The Balaban J connectivity index is -0.00000134. The summed E-state index contributed by atoms with van der Waals surface area (Å²) >= 11 is 0. The van der Waals surface area contributed by atoms with Crippen LogP contribution in [0.4, 0.5) is 0 Å². The zero-order chi connectivity index (χ0) is 32.1. The first-order valence-electron chi connectivity index (χ1n) is 16.1. The van der Waals surface area contributed by atoms with Gasteiger partial charge in [0.2, 0.25) is 11.8 Å². The Morgan fingerprint density at radius 1 is 1.12 bits per heavy atom. The van der Waals surface area contributed by atoms with Crippen LogP contribution in [-0.2, 0) is 9.59 Å². The summed E-state index contributed by atoms with van der Waals surface area (Å²) in [5.41, 5.74) is 9.06. The number of hydrogen-bond donors (Lipinski definition) is 3. The van der Waals surface area contributed by atoms with E-state index in [1.165, 1.54) is 31.2 Å². The van der Waals surface area contributed by atoms with Crippen molar-refractivity contribution < 1.29 is 12.4 Å². The van der Waals surface area contributed by atoms with Crippen molar-refractivity contribution in [3.63, 3.8) is 0 Å². The van der Waals surface area contributed by atoms with Crippen LogP contribution in [-0.4, -0.2) is 41.4 Å². The van der Waals surface area contributed by atoms with Gasteiger partial charge in [-0.2, -0.15) is 0 Å². The van der Waals surface area contributed by atoms with E-state index in [1.54, 1.807) is 0 Å². The van der Waals surface area contributed by atoms with Crippen LogP contribution >= 0.6 is 0 Å². The zero-order valence-electron chi connectivity index (χ0n) is 27.9. The predicted molar refractivity (Wildman–Crippen MR) is 185 cm³/mol. The molecule has 1 heterocycles. The molecule has 0 saturated carbocycles. The number of nitrogens with two attached hydrogens (primary N) is 1. The molecule has 1 unspecified atom stereocenters. The average molecular weight is 587 g/mol. The van der Waals surface area contributed by atoms with Gasteiger partial charge < -0.3 is 21.3 Å². The lowest BCUT2D eigenvalue weighted by molar-refractivity contribution is -0.129. The summed E-state index contributed by atoms with van der Waals surface area (Å²) < 4.78 is 0. The third kappa shape index (κ3) is 15.4. The van der Waals surface area contributed by atoms with Gasteiger partial charge in [0, 0.05) is 40.0 Å². The molecule has 6 heteroatoms. The number of carbonyl (C=O) groups excluding carboxylic acids is 2. The zero-order valence-corrected chi connectivity index (χ0v) is 27.9. The molecule has 1 aromatic carbocycles. The van der Waals surface area contributed by atoms with E-state index >= 15 is 0 Å². The van der Waals surface area contributed by atoms with Crippen molar-refractivity contribution in [2.45, 2.75) is 130 Å². The molecule has 0 spiro atoms. The second-order valence-electron chi connectivity index (χ2n) is 11.5. The number of likely N-dealkylation sites (tertiary alicyclic amines) is 1. The maximum absolute atomic E-state index is 13.2. The predicted octanol–water partition coefficient (Wildman–Crippen LogP) is 8.33. The molecule has 2 amide bonds. The lowest BCUT2D eigenvalue weighted by atomic mass is 10.0.